The Labute approximate surface area is 202 Å². The zero-order valence-electron chi connectivity index (χ0n) is 19.4. The lowest BCUT2D eigenvalue weighted by atomic mass is 9.96. The molecule has 7 nitrogen and oxygen atoms in total. The third-order valence-electron chi connectivity index (χ3n) is 6.94. The summed E-state index contributed by atoms with van der Waals surface area (Å²) in [5.74, 6) is 1.15. The molecule has 0 amide bonds. The minimum absolute atomic E-state index is 0.0965. The molecule has 0 saturated carbocycles. The fourth-order valence-corrected chi connectivity index (χ4v) is 6.98. The molecule has 5 rings (SSSR count). The molecule has 8 heteroatoms. The van der Waals surface area contributed by atoms with Crippen molar-refractivity contribution in [1.29, 1.82) is 0 Å². The number of rotatable bonds is 8. The van der Waals surface area contributed by atoms with Crippen LogP contribution in [0.1, 0.15) is 66.9 Å². The molecule has 180 valence electrons. The van der Waals surface area contributed by atoms with E-state index >= 15 is 0 Å². The smallest absolute Gasteiger partial charge is 0.282 e. The maximum absolute atomic E-state index is 13.6. The zero-order valence-corrected chi connectivity index (χ0v) is 20.2. The summed E-state index contributed by atoms with van der Waals surface area (Å²) >= 11 is 0. The van der Waals surface area contributed by atoms with E-state index in [0.29, 0.717) is 44.2 Å². The number of benzene rings is 2. The molecular weight excluding hydrogens is 448 g/mol. The van der Waals surface area contributed by atoms with Crippen molar-refractivity contribution >= 4 is 10.2 Å². The first kappa shape index (κ1) is 23.2. The van der Waals surface area contributed by atoms with Crippen molar-refractivity contribution < 1.29 is 12.9 Å². The van der Waals surface area contributed by atoms with Crippen molar-refractivity contribution in [1.82, 2.24) is 18.8 Å². The number of hydrogen-bond acceptors (Lipinski definition) is 5. The lowest BCUT2D eigenvalue weighted by Gasteiger charge is -2.32. The summed E-state index contributed by atoms with van der Waals surface area (Å²) in [5, 5.41) is 4.20. The van der Waals surface area contributed by atoms with Crippen LogP contribution in [0.3, 0.4) is 0 Å². The van der Waals surface area contributed by atoms with E-state index in [9.17, 15) is 8.42 Å². The number of hydrogen-bond donors (Lipinski definition) is 0. The van der Waals surface area contributed by atoms with Gasteiger partial charge in [0.2, 0.25) is 5.89 Å². The highest BCUT2D eigenvalue weighted by molar-refractivity contribution is 7.86. The van der Waals surface area contributed by atoms with Gasteiger partial charge < -0.3 is 4.52 Å². The number of nitrogens with zero attached hydrogens (tertiary/aromatic N) is 4. The molecule has 2 saturated heterocycles. The van der Waals surface area contributed by atoms with Crippen molar-refractivity contribution in [2.75, 3.05) is 19.6 Å². The van der Waals surface area contributed by atoms with E-state index in [0.717, 1.165) is 37.7 Å². The fraction of sp³-hybridized carbons (Fsp3) is 0.462. The molecule has 1 aromatic heterocycles. The molecule has 0 N–H and O–H groups in total. The van der Waals surface area contributed by atoms with Crippen LogP contribution in [0.15, 0.2) is 65.2 Å². The minimum Gasteiger partial charge on any atom is -0.338 e. The average molecular weight is 481 g/mol. The van der Waals surface area contributed by atoms with E-state index in [1.807, 2.05) is 36.4 Å². The molecule has 3 heterocycles. The summed E-state index contributed by atoms with van der Waals surface area (Å²) in [7, 11) is -3.60. The van der Waals surface area contributed by atoms with Gasteiger partial charge in [0.25, 0.3) is 10.2 Å². The maximum atomic E-state index is 13.6. The Morgan fingerprint density at radius 2 is 1.62 bits per heavy atom. The van der Waals surface area contributed by atoms with Gasteiger partial charge >= 0.3 is 0 Å². The molecule has 3 aromatic rings. The SMILES string of the molecule is O=S(=O)(N1CCCCC1)N1C[C@H](c2ccccc2)C[C@H]1c1nc(CCCc2ccccc2)no1. The van der Waals surface area contributed by atoms with Gasteiger partial charge in [0.15, 0.2) is 5.82 Å². The van der Waals surface area contributed by atoms with Crippen molar-refractivity contribution in [3.05, 3.63) is 83.5 Å². The van der Waals surface area contributed by atoms with E-state index in [2.05, 4.69) is 34.4 Å². The highest BCUT2D eigenvalue weighted by Gasteiger charge is 2.45. The molecule has 2 aromatic carbocycles. The Balaban J connectivity index is 1.34. The van der Waals surface area contributed by atoms with Crippen LogP contribution in [0.25, 0.3) is 0 Å². The molecule has 0 radical (unpaired) electrons. The molecule has 2 aliphatic heterocycles. The number of aryl methyl sites for hydroxylation is 2. The predicted molar refractivity (Wildman–Crippen MR) is 130 cm³/mol. The standard InChI is InChI=1S/C26H32N4O3S/c31-34(32,29-17-8-3-9-18-29)30-20-23(22-14-6-2-7-15-22)19-24(30)26-27-25(28-33-26)16-10-13-21-11-4-1-5-12-21/h1-2,4-7,11-12,14-15,23-24H,3,8-10,13,16-20H2/t23-,24+/m1/s1. The van der Waals surface area contributed by atoms with Crippen LogP contribution in [0.2, 0.25) is 0 Å². The highest BCUT2D eigenvalue weighted by atomic mass is 32.2. The van der Waals surface area contributed by atoms with Gasteiger partial charge in [-0.25, -0.2) is 0 Å². The molecule has 0 unspecified atom stereocenters. The van der Waals surface area contributed by atoms with Crippen LogP contribution in [0.4, 0.5) is 0 Å². The van der Waals surface area contributed by atoms with Crippen LogP contribution in [-0.2, 0) is 23.1 Å². The lowest BCUT2D eigenvalue weighted by molar-refractivity contribution is 0.260. The summed E-state index contributed by atoms with van der Waals surface area (Å²) < 4.78 is 36.2. The Morgan fingerprint density at radius 3 is 2.35 bits per heavy atom. The summed E-state index contributed by atoms with van der Waals surface area (Å²) in [6.45, 7) is 1.59. The third-order valence-corrected chi connectivity index (χ3v) is 8.96. The largest absolute Gasteiger partial charge is 0.338 e. The van der Waals surface area contributed by atoms with Crippen molar-refractivity contribution in [2.24, 2.45) is 0 Å². The van der Waals surface area contributed by atoms with Crippen LogP contribution in [0, 0.1) is 0 Å². The Hall–Kier alpha value is -2.55. The van der Waals surface area contributed by atoms with Gasteiger partial charge in [-0.05, 0) is 49.1 Å². The monoisotopic (exact) mass is 480 g/mol. The van der Waals surface area contributed by atoms with Gasteiger partial charge in [-0.1, -0.05) is 72.2 Å². The first-order valence-corrected chi connectivity index (χ1v) is 13.7. The Bertz CT molecular complexity index is 1160. The zero-order chi connectivity index (χ0) is 23.4. The first-order valence-electron chi connectivity index (χ1n) is 12.3. The van der Waals surface area contributed by atoms with Crippen molar-refractivity contribution in [2.45, 2.75) is 56.9 Å². The van der Waals surface area contributed by atoms with Crippen molar-refractivity contribution in [3.63, 3.8) is 0 Å². The first-order chi connectivity index (χ1) is 16.6. The topological polar surface area (TPSA) is 79.5 Å². The summed E-state index contributed by atoms with van der Waals surface area (Å²) in [6.07, 6.45) is 6.10. The molecular formula is C26H32N4O3S. The van der Waals surface area contributed by atoms with Crippen LogP contribution in [0.5, 0.6) is 0 Å². The summed E-state index contributed by atoms with van der Waals surface area (Å²) in [6, 6.07) is 20.0. The lowest BCUT2D eigenvalue weighted by Crippen LogP contribution is -2.45. The van der Waals surface area contributed by atoms with Gasteiger partial charge in [-0.2, -0.15) is 22.0 Å². The summed E-state index contributed by atoms with van der Waals surface area (Å²) in [5.41, 5.74) is 2.43. The predicted octanol–water partition coefficient (Wildman–Crippen LogP) is 4.51. The molecule has 0 spiro atoms. The quantitative estimate of drug-likeness (QED) is 0.474. The Morgan fingerprint density at radius 1 is 0.912 bits per heavy atom. The second kappa shape index (κ2) is 10.4. The highest BCUT2D eigenvalue weighted by Crippen LogP contribution is 2.42. The van der Waals surface area contributed by atoms with E-state index in [1.54, 1.807) is 8.61 Å². The molecule has 0 aliphatic carbocycles. The average Bonchev–Trinajstić information content (AvgIpc) is 3.54. The van der Waals surface area contributed by atoms with Crippen LogP contribution in [-0.4, -0.2) is 46.8 Å². The number of piperidine rings is 1. The van der Waals surface area contributed by atoms with Gasteiger partial charge in [0.1, 0.15) is 6.04 Å². The van der Waals surface area contributed by atoms with E-state index in [-0.39, 0.29) is 5.92 Å². The molecule has 2 fully saturated rings. The number of aromatic nitrogens is 2. The normalized spacial score (nSPS) is 22.2. The maximum Gasteiger partial charge on any atom is 0.282 e. The second-order valence-corrected chi connectivity index (χ2v) is 11.2. The van der Waals surface area contributed by atoms with Crippen molar-refractivity contribution in [3.8, 4) is 0 Å². The third kappa shape index (κ3) is 5.09. The van der Waals surface area contributed by atoms with Gasteiger partial charge in [0, 0.05) is 26.1 Å². The van der Waals surface area contributed by atoms with E-state index in [4.69, 9.17) is 4.52 Å². The van der Waals surface area contributed by atoms with Gasteiger partial charge in [0.05, 0.1) is 0 Å². The van der Waals surface area contributed by atoms with Crippen LogP contribution < -0.4 is 0 Å². The van der Waals surface area contributed by atoms with E-state index < -0.39 is 16.3 Å². The fourth-order valence-electron chi connectivity index (χ4n) is 5.10. The Kier molecular flexibility index (Phi) is 7.08. The van der Waals surface area contributed by atoms with Gasteiger partial charge in [-0.15, -0.1) is 0 Å². The second-order valence-electron chi connectivity index (χ2n) is 9.28. The molecule has 2 aliphatic rings. The van der Waals surface area contributed by atoms with E-state index in [1.165, 1.54) is 5.56 Å². The van der Waals surface area contributed by atoms with Gasteiger partial charge in [-0.3, -0.25) is 0 Å². The minimum atomic E-state index is -3.60. The molecule has 34 heavy (non-hydrogen) atoms. The molecule has 2 atom stereocenters. The summed E-state index contributed by atoms with van der Waals surface area (Å²) in [4.78, 5) is 4.66. The van der Waals surface area contributed by atoms with Crippen LogP contribution >= 0.6 is 0 Å². The molecule has 0 bridgehead atoms.